The zero-order valence-electron chi connectivity index (χ0n) is 14.8. The van der Waals surface area contributed by atoms with Gasteiger partial charge in [-0.05, 0) is 35.7 Å². The molecule has 7 nitrogen and oxygen atoms in total. The molecule has 2 rings (SSSR count). The Bertz CT molecular complexity index is 814. The fraction of sp³-hybridized carbons (Fsp3) is 0.211. The Labute approximate surface area is 151 Å². The topological polar surface area (TPSA) is 100 Å². The zero-order valence-corrected chi connectivity index (χ0v) is 14.8. The van der Waals surface area contributed by atoms with Crippen LogP contribution in [0.3, 0.4) is 0 Å². The first kappa shape index (κ1) is 19.0. The number of carbonyl (C=O) groups excluding carboxylic acids is 2. The number of phenolic OH excluding ortho intramolecular Hbond substituents is 1. The Morgan fingerprint density at radius 1 is 1.12 bits per heavy atom. The molecular weight excluding hydrogens is 334 g/mol. The van der Waals surface area contributed by atoms with Gasteiger partial charge in [-0.2, -0.15) is 5.10 Å². The number of amides is 2. The first-order valence-corrected chi connectivity index (χ1v) is 8.02. The highest BCUT2D eigenvalue weighted by Crippen LogP contribution is 2.27. The number of nitrogens with zero attached hydrogens (tertiary/aromatic N) is 1. The summed E-state index contributed by atoms with van der Waals surface area (Å²) in [6.07, 6.45) is 1.22. The summed E-state index contributed by atoms with van der Waals surface area (Å²) >= 11 is 0. The molecule has 2 aromatic rings. The van der Waals surface area contributed by atoms with Crippen molar-refractivity contribution in [2.24, 2.45) is 5.10 Å². The summed E-state index contributed by atoms with van der Waals surface area (Å²) in [6.45, 7) is 4.14. The van der Waals surface area contributed by atoms with Crippen LogP contribution in [0.1, 0.15) is 30.9 Å². The molecule has 26 heavy (non-hydrogen) atoms. The molecule has 2 amide bonds. The van der Waals surface area contributed by atoms with E-state index in [1.165, 1.54) is 13.3 Å². The van der Waals surface area contributed by atoms with E-state index < -0.39 is 11.8 Å². The number of methoxy groups -OCH3 is 1. The lowest BCUT2D eigenvalue weighted by molar-refractivity contribution is -0.136. The number of anilines is 1. The number of benzene rings is 2. The molecule has 0 aromatic heterocycles. The molecule has 0 heterocycles. The molecule has 0 atom stereocenters. The monoisotopic (exact) mass is 355 g/mol. The molecule has 0 unspecified atom stereocenters. The van der Waals surface area contributed by atoms with Crippen molar-refractivity contribution in [3.63, 3.8) is 0 Å². The van der Waals surface area contributed by atoms with E-state index in [0.29, 0.717) is 17.2 Å². The second-order valence-corrected chi connectivity index (χ2v) is 5.83. The van der Waals surface area contributed by atoms with E-state index in [0.717, 1.165) is 5.56 Å². The summed E-state index contributed by atoms with van der Waals surface area (Å²) in [6, 6.07) is 12.1. The number of nitrogens with one attached hydrogen (secondary N) is 2. The van der Waals surface area contributed by atoms with Crippen molar-refractivity contribution in [3.8, 4) is 11.5 Å². The minimum Gasteiger partial charge on any atom is -0.504 e. The van der Waals surface area contributed by atoms with Crippen molar-refractivity contribution in [3.05, 3.63) is 53.6 Å². The van der Waals surface area contributed by atoms with Crippen LogP contribution in [0, 0.1) is 0 Å². The normalized spacial score (nSPS) is 10.8. The van der Waals surface area contributed by atoms with E-state index in [1.807, 2.05) is 12.1 Å². The van der Waals surface area contributed by atoms with Gasteiger partial charge in [-0.1, -0.05) is 32.0 Å². The van der Waals surface area contributed by atoms with Gasteiger partial charge in [0.05, 0.1) is 13.3 Å². The number of hydrazone groups is 1. The molecule has 2 aromatic carbocycles. The average molecular weight is 355 g/mol. The van der Waals surface area contributed by atoms with Gasteiger partial charge in [0.15, 0.2) is 11.5 Å². The van der Waals surface area contributed by atoms with Crippen molar-refractivity contribution in [1.82, 2.24) is 5.43 Å². The molecule has 0 radical (unpaired) electrons. The summed E-state index contributed by atoms with van der Waals surface area (Å²) in [7, 11) is 1.43. The molecule has 136 valence electrons. The Kier molecular flexibility index (Phi) is 6.32. The van der Waals surface area contributed by atoms with Gasteiger partial charge in [0.2, 0.25) is 0 Å². The van der Waals surface area contributed by atoms with E-state index in [1.54, 1.807) is 30.3 Å². The largest absolute Gasteiger partial charge is 0.504 e. The minimum atomic E-state index is -0.920. The van der Waals surface area contributed by atoms with Crippen molar-refractivity contribution in [2.75, 3.05) is 12.4 Å². The maximum atomic E-state index is 11.9. The highest BCUT2D eigenvalue weighted by atomic mass is 16.5. The van der Waals surface area contributed by atoms with E-state index in [2.05, 4.69) is 29.7 Å². The molecule has 3 N–H and O–H groups in total. The fourth-order valence-electron chi connectivity index (χ4n) is 2.16. The number of aromatic hydroxyl groups is 1. The molecule has 0 saturated carbocycles. The van der Waals surface area contributed by atoms with Gasteiger partial charge in [-0.25, -0.2) is 5.43 Å². The van der Waals surface area contributed by atoms with Crippen LogP contribution in [-0.4, -0.2) is 30.2 Å². The highest BCUT2D eigenvalue weighted by molar-refractivity contribution is 6.39. The van der Waals surface area contributed by atoms with Crippen molar-refractivity contribution in [2.45, 2.75) is 19.8 Å². The predicted octanol–water partition coefficient (Wildman–Crippen LogP) is 2.61. The third kappa shape index (κ3) is 4.83. The van der Waals surface area contributed by atoms with Gasteiger partial charge >= 0.3 is 11.8 Å². The van der Waals surface area contributed by atoms with Crippen LogP contribution in [-0.2, 0) is 9.59 Å². The molecule has 0 aliphatic carbocycles. The Balaban J connectivity index is 1.94. The number of hydrogen-bond donors (Lipinski definition) is 3. The number of rotatable bonds is 5. The minimum absolute atomic E-state index is 0.109. The first-order chi connectivity index (χ1) is 12.4. The number of phenols is 1. The summed E-state index contributed by atoms with van der Waals surface area (Å²) in [5.74, 6) is -1.21. The Morgan fingerprint density at radius 2 is 1.81 bits per heavy atom. The Hall–Kier alpha value is -3.35. The lowest BCUT2D eigenvalue weighted by Crippen LogP contribution is -2.32. The van der Waals surface area contributed by atoms with Gasteiger partial charge in [0.25, 0.3) is 0 Å². The number of para-hydroxylation sites is 1. The fourth-order valence-corrected chi connectivity index (χ4v) is 2.16. The third-order valence-electron chi connectivity index (χ3n) is 3.66. The smallest absolute Gasteiger partial charge is 0.329 e. The number of hydrogen-bond acceptors (Lipinski definition) is 5. The second kappa shape index (κ2) is 8.66. The first-order valence-electron chi connectivity index (χ1n) is 8.02. The van der Waals surface area contributed by atoms with Crippen LogP contribution in [0.15, 0.2) is 47.6 Å². The van der Waals surface area contributed by atoms with Crippen LogP contribution in [0.2, 0.25) is 0 Å². The summed E-state index contributed by atoms with van der Waals surface area (Å²) in [4.78, 5) is 23.7. The highest BCUT2D eigenvalue weighted by Gasteiger charge is 2.13. The van der Waals surface area contributed by atoms with Crippen LogP contribution < -0.4 is 15.5 Å². The summed E-state index contributed by atoms with van der Waals surface area (Å²) in [5.41, 5.74) is 4.11. The molecule has 0 bridgehead atoms. The second-order valence-electron chi connectivity index (χ2n) is 5.83. The lowest BCUT2D eigenvalue weighted by Gasteiger charge is -2.08. The maximum Gasteiger partial charge on any atom is 0.329 e. The Morgan fingerprint density at radius 3 is 2.42 bits per heavy atom. The maximum absolute atomic E-state index is 11.9. The third-order valence-corrected chi connectivity index (χ3v) is 3.66. The average Bonchev–Trinajstić information content (AvgIpc) is 2.63. The van der Waals surface area contributed by atoms with E-state index in [9.17, 15) is 14.7 Å². The van der Waals surface area contributed by atoms with Crippen molar-refractivity contribution >= 4 is 23.7 Å². The molecule has 0 saturated heterocycles. The van der Waals surface area contributed by atoms with Gasteiger partial charge in [0, 0.05) is 11.3 Å². The molecule has 0 fully saturated rings. The zero-order chi connectivity index (χ0) is 19.1. The van der Waals surface area contributed by atoms with Gasteiger partial charge in [0.1, 0.15) is 0 Å². The van der Waals surface area contributed by atoms with Crippen LogP contribution in [0.5, 0.6) is 11.5 Å². The van der Waals surface area contributed by atoms with Gasteiger partial charge in [-0.3, -0.25) is 9.59 Å². The van der Waals surface area contributed by atoms with Crippen molar-refractivity contribution in [1.29, 1.82) is 0 Å². The van der Waals surface area contributed by atoms with E-state index in [4.69, 9.17) is 4.74 Å². The van der Waals surface area contributed by atoms with Crippen LogP contribution in [0.25, 0.3) is 0 Å². The van der Waals surface area contributed by atoms with Crippen molar-refractivity contribution < 1.29 is 19.4 Å². The van der Waals surface area contributed by atoms with Gasteiger partial charge < -0.3 is 15.2 Å². The standard InChI is InChI=1S/C19H21N3O4/c1-12(2)13-7-9-15(10-8-13)21-18(24)19(25)22-20-11-14-5-4-6-16(26-3)17(14)23/h4-12,23H,1-3H3,(H,21,24)(H,22,25). The molecule has 7 heteroatoms. The predicted molar refractivity (Wildman–Crippen MR) is 99.6 cm³/mol. The quantitative estimate of drug-likeness (QED) is 0.436. The SMILES string of the molecule is COc1cccc(C=NNC(=O)C(=O)Nc2ccc(C(C)C)cc2)c1O. The number of ether oxygens (including phenoxy) is 1. The lowest BCUT2D eigenvalue weighted by atomic mass is 10.0. The molecule has 0 aliphatic heterocycles. The van der Waals surface area contributed by atoms with Crippen LogP contribution >= 0.6 is 0 Å². The molecule has 0 spiro atoms. The van der Waals surface area contributed by atoms with E-state index >= 15 is 0 Å². The molecular formula is C19H21N3O4. The van der Waals surface area contributed by atoms with Crippen LogP contribution in [0.4, 0.5) is 5.69 Å². The molecule has 0 aliphatic rings. The summed E-state index contributed by atoms with van der Waals surface area (Å²) < 4.78 is 4.98. The summed E-state index contributed by atoms with van der Waals surface area (Å²) in [5, 5.41) is 16.1. The van der Waals surface area contributed by atoms with E-state index in [-0.39, 0.29) is 11.5 Å². The van der Waals surface area contributed by atoms with Gasteiger partial charge in [-0.15, -0.1) is 0 Å². The number of carbonyl (C=O) groups is 2.